The Labute approximate surface area is 271 Å². The summed E-state index contributed by atoms with van der Waals surface area (Å²) in [6.07, 6.45) is 13.7. The molecule has 0 aliphatic heterocycles. The fourth-order valence-electron chi connectivity index (χ4n) is 5.44. The Bertz CT molecular complexity index is 1600. The van der Waals surface area contributed by atoms with Gasteiger partial charge in [-0.2, -0.15) is 0 Å². The van der Waals surface area contributed by atoms with E-state index in [2.05, 4.69) is 17.0 Å². The van der Waals surface area contributed by atoms with Crippen LogP contribution in [0.3, 0.4) is 0 Å². The van der Waals surface area contributed by atoms with Crippen molar-refractivity contribution in [1.29, 1.82) is 0 Å². The lowest BCUT2D eigenvalue weighted by atomic mass is 10.0. The van der Waals surface area contributed by atoms with Gasteiger partial charge in [0.05, 0.1) is 10.7 Å². The second-order valence-electron chi connectivity index (χ2n) is 11.8. The highest BCUT2D eigenvalue weighted by atomic mass is 32.2. The number of para-hydroxylation sites is 1. The van der Waals surface area contributed by atoms with Crippen LogP contribution in [-0.4, -0.2) is 36.7 Å². The van der Waals surface area contributed by atoms with E-state index in [0.29, 0.717) is 30.3 Å². The molecular weight excluding hydrogens is 610 g/mol. The van der Waals surface area contributed by atoms with Crippen LogP contribution in [-0.2, 0) is 16.4 Å². The van der Waals surface area contributed by atoms with E-state index < -0.39 is 26.5 Å². The summed E-state index contributed by atoms with van der Waals surface area (Å²) >= 11 is 0. The number of sulfonamides is 1. The van der Waals surface area contributed by atoms with Gasteiger partial charge in [0, 0.05) is 23.6 Å². The molecule has 2 aromatic carbocycles. The number of hydrogen-bond acceptors (Lipinski definition) is 8. The number of nitrogens with zero attached hydrogens (tertiary/aromatic N) is 1. The number of amides is 1. The molecule has 3 rings (SSSR count). The summed E-state index contributed by atoms with van der Waals surface area (Å²) in [6, 6.07) is 10.7. The molecule has 1 aromatic heterocycles. The van der Waals surface area contributed by atoms with Gasteiger partial charge in [-0.05, 0) is 49.9 Å². The molecule has 0 bridgehead atoms. The summed E-state index contributed by atoms with van der Waals surface area (Å²) in [4.78, 5) is 35.8. The van der Waals surface area contributed by atoms with E-state index in [1.807, 2.05) is 0 Å². The highest BCUT2D eigenvalue weighted by Crippen LogP contribution is 2.31. The number of nitrogens with one attached hydrogen (secondary N) is 2. The van der Waals surface area contributed by atoms with E-state index in [1.54, 1.807) is 18.2 Å². The monoisotopic (exact) mass is 657 g/mol. The molecule has 0 fully saturated rings. The molecule has 3 aromatic rings. The normalized spacial score (nSPS) is 11.5. The lowest BCUT2D eigenvalue weighted by Gasteiger charge is -2.11. The number of rotatable bonds is 22. The summed E-state index contributed by atoms with van der Waals surface area (Å²) in [5, 5.41) is 24.6. The average molecular weight is 658 g/mol. The number of phenolic OH excluding ortho intramolecular Hbond substituents is 1. The van der Waals surface area contributed by atoms with Gasteiger partial charge in [0.2, 0.25) is 10.0 Å². The molecule has 1 amide bonds. The number of nitro benzene ring substituents is 1. The highest BCUT2D eigenvalue weighted by molar-refractivity contribution is 7.92. The second-order valence-corrected chi connectivity index (χ2v) is 13.6. The maximum Gasteiger partial charge on any atom is 0.349 e. The van der Waals surface area contributed by atoms with Crippen LogP contribution in [0, 0.1) is 10.1 Å². The van der Waals surface area contributed by atoms with Crippen molar-refractivity contribution < 1.29 is 27.7 Å². The molecule has 252 valence electrons. The van der Waals surface area contributed by atoms with E-state index in [0.717, 1.165) is 83.5 Å². The van der Waals surface area contributed by atoms with Crippen LogP contribution in [0.2, 0.25) is 0 Å². The van der Waals surface area contributed by atoms with E-state index in [4.69, 9.17) is 4.42 Å². The number of aryl methyl sites for hydroxylation is 1. The van der Waals surface area contributed by atoms with Crippen molar-refractivity contribution in [3.05, 3.63) is 74.1 Å². The molecule has 0 unspecified atom stereocenters. The summed E-state index contributed by atoms with van der Waals surface area (Å²) in [6.45, 7) is 2.56. The van der Waals surface area contributed by atoms with Crippen molar-refractivity contribution in [1.82, 2.24) is 5.32 Å². The first-order valence-corrected chi connectivity index (χ1v) is 18.1. The van der Waals surface area contributed by atoms with Crippen LogP contribution in [0.4, 0.5) is 11.4 Å². The Kier molecular flexibility index (Phi) is 15.0. The first-order valence-electron chi connectivity index (χ1n) is 16.4. The van der Waals surface area contributed by atoms with Crippen molar-refractivity contribution >= 4 is 38.3 Å². The first kappa shape index (κ1) is 36.5. The number of unbranched alkanes of at least 4 members (excludes halogenated alkanes) is 12. The van der Waals surface area contributed by atoms with E-state index in [-0.39, 0.29) is 34.0 Å². The lowest BCUT2D eigenvalue weighted by molar-refractivity contribution is -0.384. The molecule has 3 N–H and O–H groups in total. The minimum Gasteiger partial charge on any atom is -0.508 e. The number of nitro groups is 1. The van der Waals surface area contributed by atoms with Crippen molar-refractivity contribution in [3.63, 3.8) is 0 Å². The van der Waals surface area contributed by atoms with Gasteiger partial charge in [-0.3, -0.25) is 19.6 Å². The Morgan fingerprint density at radius 1 is 0.891 bits per heavy atom. The summed E-state index contributed by atoms with van der Waals surface area (Å²) in [7, 11) is -3.69. The molecule has 0 spiro atoms. The van der Waals surface area contributed by atoms with Crippen molar-refractivity contribution in [2.24, 2.45) is 0 Å². The van der Waals surface area contributed by atoms with Gasteiger partial charge in [-0.25, -0.2) is 13.2 Å². The maximum absolute atomic E-state index is 12.7. The third kappa shape index (κ3) is 12.1. The molecule has 0 saturated heterocycles. The van der Waals surface area contributed by atoms with Gasteiger partial charge < -0.3 is 14.8 Å². The Morgan fingerprint density at radius 2 is 1.54 bits per heavy atom. The molecule has 0 aliphatic rings. The smallest absolute Gasteiger partial charge is 0.349 e. The van der Waals surface area contributed by atoms with Crippen LogP contribution in [0.5, 0.6) is 5.75 Å². The number of carbonyl (C=O) groups excluding carboxylic acids is 1. The van der Waals surface area contributed by atoms with E-state index in [1.165, 1.54) is 24.3 Å². The van der Waals surface area contributed by atoms with Crippen molar-refractivity contribution in [2.75, 3.05) is 17.0 Å². The quantitative estimate of drug-likeness (QED) is 0.0429. The zero-order chi connectivity index (χ0) is 33.4. The minimum absolute atomic E-state index is 0.0206. The third-order valence-electron chi connectivity index (χ3n) is 7.96. The molecule has 0 radical (unpaired) electrons. The van der Waals surface area contributed by atoms with Crippen LogP contribution in [0.25, 0.3) is 11.0 Å². The molecule has 12 heteroatoms. The van der Waals surface area contributed by atoms with Gasteiger partial charge in [-0.1, -0.05) is 89.7 Å². The van der Waals surface area contributed by atoms with E-state index >= 15 is 0 Å². The predicted octanol–water partition coefficient (Wildman–Crippen LogP) is 7.60. The fraction of sp³-hybridized carbons (Fsp3) is 0.529. The van der Waals surface area contributed by atoms with Gasteiger partial charge in [0.1, 0.15) is 22.6 Å². The predicted molar refractivity (Wildman–Crippen MR) is 181 cm³/mol. The number of benzene rings is 2. The van der Waals surface area contributed by atoms with Gasteiger partial charge in [0.25, 0.3) is 11.6 Å². The van der Waals surface area contributed by atoms with Crippen molar-refractivity contribution in [3.8, 4) is 5.75 Å². The number of anilines is 1. The third-order valence-corrected chi connectivity index (χ3v) is 9.31. The fourth-order valence-corrected chi connectivity index (χ4v) is 6.62. The molecule has 0 atom stereocenters. The Hall–Kier alpha value is -3.93. The highest BCUT2D eigenvalue weighted by Gasteiger charge is 2.23. The second kappa shape index (κ2) is 18.9. The molecule has 1 heterocycles. The molecule has 0 aliphatic carbocycles. The zero-order valence-electron chi connectivity index (χ0n) is 26.7. The van der Waals surface area contributed by atoms with Gasteiger partial charge in [0.15, 0.2) is 0 Å². The van der Waals surface area contributed by atoms with Crippen molar-refractivity contribution in [2.45, 2.75) is 103 Å². The summed E-state index contributed by atoms with van der Waals surface area (Å²) in [5.74, 6) is -0.568. The largest absolute Gasteiger partial charge is 0.508 e. The minimum atomic E-state index is -3.69. The molecule has 0 saturated carbocycles. The number of fused-ring (bicyclic) bond motifs is 1. The molecule has 11 nitrogen and oxygen atoms in total. The molecular formula is C34H47N3O8S. The standard InChI is InChI=1S/C34H47N3O8S/c1-2-3-4-13-17-26-18-16-19-30(32(26)37(41)42)36-46(43,44)23-15-12-10-8-6-5-7-9-11-14-22-35-33(39)29-24-27-20-21-28(38)25-31(27)45-34(29)40/h16,18-21,24-25,36,38H,2-15,17,22-23H2,1H3,(H,35,39). The summed E-state index contributed by atoms with van der Waals surface area (Å²) < 4.78 is 32.9. The average Bonchev–Trinajstić information content (AvgIpc) is 3.00. The Balaban J connectivity index is 1.24. The topological polar surface area (TPSA) is 169 Å². The number of phenols is 1. The van der Waals surface area contributed by atoms with Gasteiger partial charge in [-0.15, -0.1) is 0 Å². The van der Waals surface area contributed by atoms with Crippen LogP contribution >= 0.6 is 0 Å². The van der Waals surface area contributed by atoms with Crippen LogP contribution in [0.1, 0.15) is 113 Å². The van der Waals surface area contributed by atoms with Gasteiger partial charge >= 0.3 is 5.63 Å². The van der Waals surface area contributed by atoms with Crippen LogP contribution < -0.4 is 15.7 Å². The van der Waals surface area contributed by atoms with Crippen LogP contribution in [0.15, 0.2) is 51.7 Å². The Morgan fingerprint density at radius 3 is 2.22 bits per heavy atom. The zero-order valence-corrected chi connectivity index (χ0v) is 27.5. The first-order chi connectivity index (χ1) is 22.1. The summed E-state index contributed by atoms with van der Waals surface area (Å²) in [5.41, 5.74) is -0.124. The lowest BCUT2D eigenvalue weighted by Crippen LogP contribution is -2.29. The van der Waals surface area contributed by atoms with E-state index in [9.17, 15) is 33.2 Å². The number of carbonyl (C=O) groups is 1. The molecule has 46 heavy (non-hydrogen) atoms. The SMILES string of the molecule is CCCCCCc1cccc(NS(=O)(=O)CCCCCCCCCCCCNC(=O)c2cc3ccc(O)cc3oc2=O)c1[N+](=O)[O-]. The maximum atomic E-state index is 12.7. The number of aromatic hydroxyl groups is 1. The number of hydrogen-bond donors (Lipinski definition) is 3.